The molecular weight excluding hydrogens is 318 g/mol. The quantitative estimate of drug-likeness (QED) is 0.848. The summed E-state index contributed by atoms with van der Waals surface area (Å²) in [5.74, 6) is 0.321. The molecule has 0 amide bonds. The van der Waals surface area contributed by atoms with Crippen LogP contribution in [-0.2, 0) is 20.8 Å². The fourth-order valence-electron chi connectivity index (χ4n) is 2.61. The highest BCUT2D eigenvalue weighted by molar-refractivity contribution is 7.93. The van der Waals surface area contributed by atoms with Crippen LogP contribution >= 0.6 is 0 Å². The van der Waals surface area contributed by atoms with E-state index in [4.69, 9.17) is 0 Å². The van der Waals surface area contributed by atoms with Crippen molar-refractivity contribution in [3.8, 4) is 0 Å². The second-order valence-electron chi connectivity index (χ2n) is 5.36. The standard InChI is InChI=1S/C16H17NO3S2/c1-12-7-8-13(2)16(11-12)22(19,20)17-9-10-21(18)15-6-4-3-5-14(15)17/h3-8,11H,9-10H2,1-2H3. The Bertz CT molecular complexity index is 859. The lowest BCUT2D eigenvalue weighted by atomic mass is 10.2. The molecule has 1 unspecified atom stereocenters. The number of aryl methyl sites for hydroxylation is 2. The number of hydrogen-bond acceptors (Lipinski definition) is 3. The molecule has 0 spiro atoms. The van der Waals surface area contributed by atoms with Gasteiger partial charge in [-0.25, -0.2) is 8.42 Å². The number of para-hydroxylation sites is 1. The minimum Gasteiger partial charge on any atom is -0.264 e. The van der Waals surface area contributed by atoms with Crippen LogP contribution in [0.2, 0.25) is 0 Å². The molecule has 0 N–H and O–H groups in total. The SMILES string of the molecule is Cc1ccc(C)c(S(=O)(=O)N2CCS(=O)c3ccccc32)c1. The summed E-state index contributed by atoms with van der Waals surface area (Å²) in [6.45, 7) is 3.90. The summed E-state index contributed by atoms with van der Waals surface area (Å²) in [6.07, 6.45) is 0. The van der Waals surface area contributed by atoms with Crippen molar-refractivity contribution in [3.05, 3.63) is 53.6 Å². The first-order chi connectivity index (χ1) is 10.4. The summed E-state index contributed by atoms with van der Waals surface area (Å²) >= 11 is 0. The first-order valence-electron chi connectivity index (χ1n) is 6.98. The Balaban J connectivity index is 2.17. The lowest BCUT2D eigenvalue weighted by Crippen LogP contribution is -2.38. The van der Waals surface area contributed by atoms with Crippen LogP contribution < -0.4 is 4.31 Å². The van der Waals surface area contributed by atoms with E-state index in [0.29, 0.717) is 21.2 Å². The number of nitrogens with zero attached hydrogens (tertiary/aromatic N) is 1. The number of benzene rings is 2. The van der Waals surface area contributed by atoms with E-state index in [2.05, 4.69) is 0 Å². The average molecular weight is 335 g/mol. The van der Waals surface area contributed by atoms with Gasteiger partial charge in [-0.1, -0.05) is 24.3 Å². The van der Waals surface area contributed by atoms with E-state index in [-0.39, 0.29) is 6.54 Å². The van der Waals surface area contributed by atoms with Crippen LogP contribution in [0.1, 0.15) is 11.1 Å². The maximum absolute atomic E-state index is 13.1. The van der Waals surface area contributed by atoms with Gasteiger partial charge in [0.1, 0.15) is 0 Å². The second-order valence-corrected chi connectivity index (χ2v) is 8.73. The summed E-state index contributed by atoms with van der Waals surface area (Å²) in [6, 6.07) is 12.4. The minimum absolute atomic E-state index is 0.235. The Morgan fingerprint density at radius 3 is 2.59 bits per heavy atom. The smallest absolute Gasteiger partial charge is 0.264 e. The van der Waals surface area contributed by atoms with E-state index in [9.17, 15) is 12.6 Å². The van der Waals surface area contributed by atoms with E-state index < -0.39 is 20.8 Å². The molecule has 4 nitrogen and oxygen atoms in total. The van der Waals surface area contributed by atoms with Crippen LogP contribution in [0.25, 0.3) is 0 Å². The van der Waals surface area contributed by atoms with E-state index in [1.807, 2.05) is 19.1 Å². The van der Waals surface area contributed by atoms with Gasteiger partial charge in [0.2, 0.25) is 0 Å². The van der Waals surface area contributed by atoms with Gasteiger partial charge in [-0.3, -0.25) is 8.51 Å². The van der Waals surface area contributed by atoms with E-state index in [0.717, 1.165) is 11.1 Å². The largest absolute Gasteiger partial charge is 0.264 e. The highest BCUT2D eigenvalue weighted by Gasteiger charge is 2.32. The van der Waals surface area contributed by atoms with Gasteiger partial charge < -0.3 is 0 Å². The third-order valence-corrected chi connectivity index (χ3v) is 7.12. The Labute approximate surface area is 133 Å². The highest BCUT2D eigenvalue weighted by Crippen LogP contribution is 2.33. The van der Waals surface area contributed by atoms with Gasteiger partial charge >= 0.3 is 0 Å². The Kier molecular flexibility index (Phi) is 3.82. The molecule has 22 heavy (non-hydrogen) atoms. The van der Waals surface area contributed by atoms with Crippen LogP contribution in [0.15, 0.2) is 52.3 Å². The second kappa shape index (κ2) is 5.52. The highest BCUT2D eigenvalue weighted by atomic mass is 32.2. The number of hydrogen-bond donors (Lipinski definition) is 0. The van der Waals surface area contributed by atoms with Crippen molar-refractivity contribution in [2.75, 3.05) is 16.6 Å². The number of sulfonamides is 1. The number of anilines is 1. The Hall–Kier alpha value is -1.66. The van der Waals surface area contributed by atoms with Crippen molar-refractivity contribution < 1.29 is 12.6 Å². The van der Waals surface area contributed by atoms with Crippen LogP contribution in [0.5, 0.6) is 0 Å². The summed E-state index contributed by atoms with van der Waals surface area (Å²) in [5, 5.41) is 0. The van der Waals surface area contributed by atoms with E-state index in [1.54, 1.807) is 37.3 Å². The Morgan fingerprint density at radius 2 is 1.82 bits per heavy atom. The predicted molar refractivity (Wildman–Crippen MR) is 88.2 cm³/mol. The van der Waals surface area contributed by atoms with Crippen molar-refractivity contribution >= 4 is 26.5 Å². The van der Waals surface area contributed by atoms with Gasteiger partial charge in [0.05, 0.1) is 26.3 Å². The van der Waals surface area contributed by atoms with Crippen molar-refractivity contribution in [1.29, 1.82) is 0 Å². The van der Waals surface area contributed by atoms with Gasteiger partial charge in [0.15, 0.2) is 0 Å². The molecule has 0 fully saturated rings. The molecule has 0 saturated heterocycles. The molecule has 1 aliphatic rings. The zero-order chi connectivity index (χ0) is 15.9. The van der Waals surface area contributed by atoms with Gasteiger partial charge in [0.25, 0.3) is 10.0 Å². The van der Waals surface area contributed by atoms with Crippen LogP contribution in [0, 0.1) is 13.8 Å². The maximum Gasteiger partial charge on any atom is 0.264 e. The molecule has 3 rings (SSSR count). The molecule has 6 heteroatoms. The van der Waals surface area contributed by atoms with Gasteiger partial charge in [-0.2, -0.15) is 0 Å². The van der Waals surface area contributed by atoms with E-state index in [1.165, 1.54) is 4.31 Å². The molecule has 2 aromatic carbocycles. The maximum atomic E-state index is 13.1. The van der Waals surface area contributed by atoms with Crippen LogP contribution in [0.4, 0.5) is 5.69 Å². The number of rotatable bonds is 2. The fourth-order valence-corrected chi connectivity index (χ4v) is 5.79. The van der Waals surface area contributed by atoms with Crippen molar-refractivity contribution in [2.24, 2.45) is 0 Å². The first-order valence-corrected chi connectivity index (χ1v) is 9.74. The lowest BCUT2D eigenvalue weighted by Gasteiger charge is -2.30. The third kappa shape index (κ3) is 2.46. The van der Waals surface area contributed by atoms with Crippen molar-refractivity contribution in [3.63, 3.8) is 0 Å². The molecule has 1 atom stereocenters. The predicted octanol–water partition coefficient (Wildman–Crippen LogP) is 2.62. The first kappa shape index (κ1) is 15.2. The topological polar surface area (TPSA) is 54.5 Å². The lowest BCUT2D eigenvalue weighted by molar-refractivity contribution is 0.590. The number of fused-ring (bicyclic) bond motifs is 1. The summed E-state index contributed by atoms with van der Waals surface area (Å²) in [7, 11) is -4.80. The molecule has 0 radical (unpaired) electrons. The van der Waals surface area contributed by atoms with Crippen LogP contribution in [-0.4, -0.2) is 24.9 Å². The Morgan fingerprint density at radius 1 is 1.09 bits per heavy atom. The molecule has 1 heterocycles. The van der Waals surface area contributed by atoms with Crippen molar-refractivity contribution in [2.45, 2.75) is 23.6 Å². The normalized spacial score (nSPS) is 18.1. The molecule has 2 aromatic rings. The molecule has 0 saturated carbocycles. The summed E-state index contributed by atoms with van der Waals surface area (Å²) in [5.41, 5.74) is 2.14. The molecular formula is C16H17NO3S2. The molecule has 1 aliphatic heterocycles. The van der Waals surface area contributed by atoms with Crippen molar-refractivity contribution in [1.82, 2.24) is 0 Å². The minimum atomic E-state index is -3.65. The zero-order valence-corrected chi connectivity index (χ0v) is 14.1. The third-order valence-electron chi connectivity index (χ3n) is 3.77. The monoisotopic (exact) mass is 335 g/mol. The zero-order valence-electron chi connectivity index (χ0n) is 12.4. The molecule has 0 bridgehead atoms. The molecule has 0 aromatic heterocycles. The average Bonchev–Trinajstić information content (AvgIpc) is 2.50. The molecule has 116 valence electrons. The van der Waals surface area contributed by atoms with Gasteiger partial charge in [-0.05, 0) is 43.2 Å². The van der Waals surface area contributed by atoms with E-state index >= 15 is 0 Å². The molecule has 0 aliphatic carbocycles. The fraction of sp³-hybridized carbons (Fsp3) is 0.250. The summed E-state index contributed by atoms with van der Waals surface area (Å²) < 4.78 is 39.6. The van der Waals surface area contributed by atoms with Gasteiger partial charge in [0, 0.05) is 12.3 Å². The summed E-state index contributed by atoms with van der Waals surface area (Å²) in [4.78, 5) is 0.901. The van der Waals surface area contributed by atoms with Crippen LogP contribution in [0.3, 0.4) is 0 Å². The van der Waals surface area contributed by atoms with Gasteiger partial charge in [-0.15, -0.1) is 0 Å².